The van der Waals surface area contributed by atoms with Gasteiger partial charge in [0.15, 0.2) is 5.16 Å². The van der Waals surface area contributed by atoms with E-state index >= 15 is 0 Å². The van der Waals surface area contributed by atoms with Crippen LogP contribution in [0.2, 0.25) is 5.15 Å². The van der Waals surface area contributed by atoms with Crippen LogP contribution in [0.15, 0.2) is 11.2 Å². The van der Waals surface area contributed by atoms with E-state index < -0.39 is 5.60 Å². The van der Waals surface area contributed by atoms with Gasteiger partial charge in [0.2, 0.25) is 0 Å². The molecule has 1 aromatic heterocycles. The summed E-state index contributed by atoms with van der Waals surface area (Å²) < 4.78 is 5.32. The number of carbonyl (C=O) groups is 1. The van der Waals surface area contributed by atoms with E-state index in [2.05, 4.69) is 20.2 Å². The maximum absolute atomic E-state index is 11.9. The Morgan fingerprint density at radius 3 is 2.87 bits per heavy atom. The molecular formula is C15H23ClN4O2S. The predicted molar refractivity (Wildman–Crippen MR) is 93.4 cm³/mol. The Kier molecular flexibility index (Phi) is 5.97. The van der Waals surface area contributed by atoms with Gasteiger partial charge >= 0.3 is 6.09 Å². The lowest BCUT2D eigenvalue weighted by Crippen LogP contribution is -2.49. The van der Waals surface area contributed by atoms with E-state index in [4.69, 9.17) is 16.3 Å². The highest BCUT2D eigenvalue weighted by Gasteiger charge is 2.25. The molecule has 128 valence electrons. The summed E-state index contributed by atoms with van der Waals surface area (Å²) in [5.41, 5.74) is -0.494. The molecule has 0 bridgehead atoms. The van der Waals surface area contributed by atoms with E-state index in [0.29, 0.717) is 16.9 Å². The maximum atomic E-state index is 11.9. The van der Waals surface area contributed by atoms with Crippen LogP contribution >= 0.6 is 23.4 Å². The molecule has 2 rings (SSSR count). The molecule has 0 aliphatic carbocycles. The first-order valence-electron chi connectivity index (χ1n) is 7.60. The number of thioether (sulfide) groups is 1. The molecule has 0 radical (unpaired) electrons. The molecule has 23 heavy (non-hydrogen) atoms. The summed E-state index contributed by atoms with van der Waals surface area (Å²) in [6, 6.07) is 1.79. The zero-order valence-corrected chi connectivity index (χ0v) is 15.5. The number of halogens is 1. The van der Waals surface area contributed by atoms with Crippen molar-refractivity contribution >= 4 is 35.3 Å². The highest BCUT2D eigenvalue weighted by molar-refractivity contribution is 7.98. The van der Waals surface area contributed by atoms with E-state index in [1.165, 1.54) is 11.8 Å². The maximum Gasteiger partial charge on any atom is 0.407 e. The molecule has 6 nitrogen and oxygen atoms in total. The number of nitrogens with one attached hydrogen (secondary N) is 1. The molecule has 2 heterocycles. The lowest BCUT2D eigenvalue weighted by molar-refractivity contribution is 0.0500. The minimum Gasteiger partial charge on any atom is -0.444 e. The number of rotatable bonds is 3. The molecule has 1 unspecified atom stereocenters. The SMILES string of the molecule is CSc1nc(Cl)cc(N2CCCC(NC(=O)OC(C)(C)C)C2)n1. The predicted octanol–water partition coefficient (Wildman–Crippen LogP) is 3.35. The monoisotopic (exact) mass is 358 g/mol. The number of carbonyl (C=O) groups excluding carboxylic acids is 1. The first kappa shape index (κ1) is 18.1. The molecule has 1 saturated heterocycles. The van der Waals surface area contributed by atoms with Crippen LogP contribution in [-0.2, 0) is 4.74 Å². The number of hydrogen-bond acceptors (Lipinski definition) is 6. The molecule has 1 aliphatic heterocycles. The highest BCUT2D eigenvalue weighted by Crippen LogP contribution is 2.23. The second-order valence-corrected chi connectivity index (χ2v) is 7.63. The van der Waals surface area contributed by atoms with Crippen LogP contribution in [0.5, 0.6) is 0 Å². The fraction of sp³-hybridized carbons (Fsp3) is 0.667. The average Bonchev–Trinajstić information content (AvgIpc) is 2.44. The molecule has 8 heteroatoms. The van der Waals surface area contributed by atoms with Gasteiger partial charge in [-0.3, -0.25) is 0 Å². The first-order chi connectivity index (χ1) is 10.8. The van der Waals surface area contributed by atoms with Crippen LogP contribution in [0, 0.1) is 0 Å². The molecule has 0 aromatic carbocycles. The van der Waals surface area contributed by atoms with Gasteiger partial charge in [-0.1, -0.05) is 23.4 Å². The molecular weight excluding hydrogens is 336 g/mol. The summed E-state index contributed by atoms with van der Waals surface area (Å²) in [5.74, 6) is 0.796. The Labute approximate surface area is 146 Å². The summed E-state index contributed by atoms with van der Waals surface area (Å²) in [6.45, 7) is 7.12. The van der Waals surface area contributed by atoms with Crippen molar-refractivity contribution in [2.45, 2.75) is 50.4 Å². The van der Waals surface area contributed by atoms with Crippen molar-refractivity contribution in [2.75, 3.05) is 24.2 Å². The smallest absolute Gasteiger partial charge is 0.407 e. The van der Waals surface area contributed by atoms with E-state index in [1.54, 1.807) is 6.07 Å². The van der Waals surface area contributed by atoms with Gasteiger partial charge in [0.1, 0.15) is 16.6 Å². The third-order valence-electron chi connectivity index (χ3n) is 3.31. The summed E-state index contributed by atoms with van der Waals surface area (Å²) in [6.07, 6.45) is 3.42. The normalized spacial score (nSPS) is 18.7. The minimum absolute atomic E-state index is 0.0325. The van der Waals surface area contributed by atoms with Crippen LogP contribution in [-0.4, -0.2) is 47.0 Å². The van der Waals surface area contributed by atoms with Gasteiger partial charge in [0.25, 0.3) is 0 Å². The lowest BCUT2D eigenvalue weighted by Gasteiger charge is -2.34. The van der Waals surface area contributed by atoms with Crippen molar-refractivity contribution in [3.63, 3.8) is 0 Å². The van der Waals surface area contributed by atoms with Crippen LogP contribution in [0.25, 0.3) is 0 Å². The topological polar surface area (TPSA) is 67.4 Å². The quantitative estimate of drug-likeness (QED) is 0.507. The number of anilines is 1. The number of ether oxygens (including phenoxy) is 1. The Morgan fingerprint density at radius 1 is 1.48 bits per heavy atom. The number of piperidine rings is 1. The van der Waals surface area contributed by atoms with Gasteiger partial charge < -0.3 is 15.0 Å². The Balaban J connectivity index is 2.01. The largest absolute Gasteiger partial charge is 0.444 e. The molecule has 1 amide bonds. The van der Waals surface area contributed by atoms with E-state index in [1.807, 2.05) is 27.0 Å². The Bertz CT molecular complexity index is 565. The summed E-state index contributed by atoms with van der Waals surface area (Å²) in [7, 11) is 0. The average molecular weight is 359 g/mol. The standard InChI is InChI=1S/C15H23ClN4O2S/c1-15(2,3)22-14(21)17-10-6-5-7-20(9-10)12-8-11(16)18-13(19-12)23-4/h8,10H,5-7,9H2,1-4H3,(H,17,21). The van der Waals surface area contributed by atoms with Crippen molar-refractivity contribution in [2.24, 2.45) is 0 Å². The van der Waals surface area contributed by atoms with Crippen molar-refractivity contribution in [3.8, 4) is 0 Å². The van der Waals surface area contributed by atoms with Crippen LogP contribution in [0.1, 0.15) is 33.6 Å². The van der Waals surface area contributed by atoms with E-state index in [-0.39, 0.29) is 12.1 Å². The van der Waals surface area contributed by atoms with E-state index in [0.717, 1.165) is 25.2 Å². The fourth-order valence-electron chi connectivity index (χ4n) is 2.42. The van der Waals surface area contributed by atoms with E-state index in [9.17, 15) is 4.79 Å². The van der Waals surface area contributed by atoms with Crippen molar-refractivity contribution < 1.29 is 9.53 Å². The molecule has 1 atom stereocenters. The Morgan fingerprint density at radius 2 is 2.22 bits per heavy atom. The highest BCUT2D eigenvalue weighted by atomic mass is 35.5. The number of aromatic nitrogens is 2. The van der Waals surface area contributed by atoms with Crippen LogP contribution in [0.3, 0.4) is 0 Å². The lowest BCUT2D eigenvalue weighted by atomic mass is 10.1. The third kappa shape index (κ3) is 5.73. The number of hydrogen-bond donors (Lipinski definition) is 1. The van der Waals surface area contributed by atoms with Gasteiger partial charge in [0, 0.05) is 25.2 Å². The zero-order valence-electron chi connectivity index (χ0n) is 13.9. The molecule has 1 aromatic rings. The molecule has 1 fully saturated rings. The molecule has 0 saturated carbocycles. The molecule has 0 spiro atoms. The Hall–Kier alpha value is -1.21. The summed E-state index contributed by atoms with van der Waals surface area (Å²) in [5, 5.41) is 4.01. The first-order valence-corrected chi connectivity index (χ1v) is 9.20. The van der Waals surface area contributed by atoms with Crippen molar-refractivity contribution in [1.29, 1.82) is 0 Å². The summed E-state index contributed by atoms with van der Waals surface area (Å²) >= 11 is 7.52. The zero-order chi connectivity index (χ0) is 17.0. The number of nitrogens with zero attached hydrogens (tertiary/aromatic N) is 3. The number of amides is 1. The third-order valence-corrected chi connectivity index (χ3v) is 4.05. The van der Waals surface area contributed by atoms with Crippen LogP contribution in [0.4, 0.5) is 10.6 Å². The molecule has 1 N–H and O–H groups in total. The van der Waals surface area contributed by atoms with Gasteiger partial charge in [-0.2, -0.15) is 0 Å². The van der Waals surface area contributed by atoms with Crippen molar-refractivity contribution in [3.05, 3.63) is 11.2 Å². The van der Waals surface area contributed by atoms with Gasteiger partial charge in [0.05, 0.1) is 0 Å². The van der Waals surface area contributed by atoms with Gasteiger partial charge in [-0.15, -0.1) is 0 Å². The second kappa shape index (κ2) is 7.57. The number of alkyl carbamates (subject to hydrolysis) is 1. The second-order valence-electron chi connectivity index (χ2n) is 6.47. The minimum atomic E-state index is -0.494. The summed E-state index contributed by atoms with van der Waals surface area (Å²) in [4.78, 5) is 22.7. The fourth-order valence-corrected chi connectivity index (χ4v) is 3.02. The van der Waals surface area contributed by atoms with Gasteiger partial charge in [-0.25, -0.2) is 14.8 Å². The van der Waals surface area contributed by atoms with Gasteiger partial charge in [-0.05, 0) is 39.9 Å². The van der Waals surface area contributed by atoms with Crippen LogP contribution < -0.4 is 10.2 Å². The van der Waals surface area contributed by atoms with Crippen molar-refractivity contribution in [1.82, 2.24) is 15.3 Å². The molecule has 1 aliphatic rings.